The Morgan fingerprint density at radius 1 is 1.20 bits per heavy atom. The van der Waals surface area contributed by atoms with Gasteiger partial charge in [0.25, 0.3) is 5.91 Å². The quantitative estimate of drug-likeness (QED) is 0.305. The maximum absolute atomic E-state index is 11.0. The number of nitrogens with zero attached hydrogens (tertiary/aromatic N) is 2. The molecule has 0 atom stereocenters. The van der Waals surface area contributed by atoms with E-state index in [1.807, 2.05) is 18.2 Å². The number of pyridine rings is 1. The van der Waals surface area contributed by atoms with E-state index in [1.165, 1.54) is 17.6 Å². The molecule has 1 aliphatic heterocycles. The molecule has 2 aromatic rings. The highest BCUT2D eigenvalue weighted by atomic mass is 35.5. The van der Waals surface area contributed by atoms with E-state index in [-0.39, 0.29) is 24.8 Å². The van der Waals surface area contributed by atoms with E-state index in [0.29, 0.717) is 22.4 Å². The van der Waals surface area contributed by atoms with E-state index in [4.69, 9.17) is 28.4 Å². The molecule has 1 aliphatic rings. The number of amides is 1. The fraction of sp³-hybridized carbons (Fsp3) is 0.300. The summed E-state index contributed by atoms with van der Waals surface area (Å²) in [7, 11) is 0. The molecule has 2 heterocycles. The number of piperidine rings is 1. The van der Waals surface area contributed by atoms with Crippen molar-refractivity contribution in [2.75, 3.05) is 18.4 Å². The minimum Gasteiger partial charge on any atom is -0.366 e. The van der Waals surface area contributed by atoms with Crippen molar-refractivity contribution < 1.29 is 10.0 Å². The van der Waals surface area contributed by atoms with Crippen molar-refractivity contribution in [3.05, 3.63) is 63.8 Å². The normalized spacial score (nSPS) is 14.6. The van der Waals surface area contributed by atoms with E-state index >= 15 is 0 Å². The molecule has 1 amide bonds. The second-order valence-corrected chi connectivity index (χ2v) is 7.51. The van der Waals surface area contributed by atoms with Crippen LogP contribution in [0.15, 0.2) is 42.6 Å². The number of halogens is 4. The fourth-order valence-electron chi connectivity index (χ4n) is 3.16. The zero-order chi connectivity index (χ0) is 19.9. The summed E-state index contributed by atoms with van der Waals surface area (Å²) in [6.07, 6.45) is 6.33. The SMILES string of the molecule is Cl.Cl.O=C(C=Cc1cnc(NC2CCN(Cc3ccccc3Cl)CC2)c(Cl)c1)NO. The molecule has 0 radical (unpaired) electrons. The summed E-state index contributed by atoms with van der Waals surface area (Å²) in [4.78, 5) is 17.8. The van der Waals surface area contributed by atoms with Crippen molar-refractivity contribution in [3.63, 3.8) is 0 Å². The number of aromatic nitrogens is 1. The van der Waals surface area contributed by atoms with E-state index in [9.17, 15) is 4.79 Å². The Morgan fingerprint density at radius 3 is 2.53 bits per heavy atom. The van der Waals surface area contributed by atoms with E-state index in [1.54, 1.807) is 12.3 Å². The summed E-state index contributed by atoms with van der Waals surface area (Å²) in [5.74, 6) is 0.0249. The highest BCUT2D eigenvalue weighted by molar-refractivity contribution is 6.33. The van der Waals surface area contributed by atoms with Gasteiger partial charge in [0.15, 0.2) is 0 Å². The molecule has 1 fully saturated rings. The van der Waals surface area contributed by atoms with E-state index < -0.39 is 5.91 Å². The van der Waals surface area contributed by atoms with Crippen LogP contribution in [0.2, 0.25) is 10.0 Å². The van der Waals surface area contributed by atoms with Crippen molar-refractivity contribution in [1.29, 1.82) is 0 Å². The first kappa shape index (κ1) is 26.5. The van der Waals surface area contributed by atoms with Gasteiger partial charge in [-0.3, -0.25) is 14.9 Å². The van der Waals surface area contributed by atoms with Gasteiger partial charge in [-0.1, -0.05) is 41.4 Å². The average molecular weight is 494 g/mol. The monoisotopic (exact) mass is 492 g/mol. The molecular weight excluding hydrogens is 470 g/mol. The number of carbonyl (C=O) groups is 1. The maximum Gasteiger partial charge on any atom is 0.267 e. The Kier molecular flexibility index (Phi) is 11.5. The fourth-order valence-corrected chi connectivity index (χ4v) is 3.58. The highest BCUT2D eigenvalue weighted by Gasteiger charge is 2.20. The first-order chi connectivity index (χ1) is 13.5. The number of hydrogen-bond acceptors (Lipinski definition) is 5. The molecule has 0 spiro atoms. The van der Waals surface area contributed by atoms with Gasteiger partial charge in [0.2, 0.25) is 0 Å². The molecule has 30 heavy (non-hydrogen) atoms. The van der Waals surface area contributed by atoms with Crippen LogP contribution in [0, 0.1) is 0 Å². The second-order valence-electron chi connectivity index (χ2n) is 6.69. The van der Waals surface area contributed by atoms with Crippen molar-refractivity contribution in [1.82, 2.24) is 15.4 Å². The lowest BCUT2D eigenvalue weighted by Gasteiger charge is -2.33. The second kappa shape index (κ2) is 13.0. The molecule has 1 aromatic heterocycles. The number of rotatable bonds is 6. The van der Waals surface area contributed by atoms with Crippen LogP contribution in [0.1, 0.15) is 24.0 Å². The van der Waals surface area contributed by atoms with Gasteiger partial charge in [-0.15, -0.1) is 24.8 Å². The number of nitrogens with one attached hydrogen (secondary N) is 2. The molecule has 1 aromatic carbocycles. The highest BCUT2D eigenvalue weighted by Crippen LogP contribution is 2.25. The maximum atomic E-state index is 11.0. The Labute approximate surface area is 198 Å². The van der Waals surface area contributed by atoms with Crippen LogP contribution in [0.25, 0.3) is 6.08 Å². The largest absolute Gasteiger partial charge is 0.366 e. The Bertz CT molecular complexity index is 858. The third-order valence-electron chi connectivity index (χ3n) is 4.68. The Morgan fingerprint density at radius 2 is 1.90 bits per heavy atom. The number of hydrogen-bond donors (Lipinski definition) is 3. The summed E-state index contributed by atoms with van der Waals surface area (Å²) in [6, 6.07) is 9.98. The molecule has 164 valence electrons. The molecule has 0 unspecified atom stereocenters. The predicted octanol–water partition coefficient (Wildman–Crippen LogP) is 4.83. The number of hydroxylamine groups is 1. The van der Waals surface area contributed by atoms with Crippen molar-refractivity contribution in [3.8, 4) is 0 Å². The topological polar surface area (TPSA) is 77.5 Å². The molecule has 0 bridgehead atoms. The lowest BCUT2D eigenvalue weighted by atomic mass is 10.0. The molecule has 3 N–H and O–H groups in total. The van der Waals surface area contributed by atoms with E-state index in [0.717, 1.165) is 43.1 Å². The van der Waals surface area contributed by atoms with Gasteiger partial charge in [-0.05, 0) is 42.2 Å². The van der Waals surface area contributed by atoms with Crippen LogP contribution < -0.4 is 10.8 Å². The lowest BCUT2D eigenvalue weighted by molar-refractivity contribution is -0.124. The number of carbonyl (C=O) groups excluding carboxylic acids is 1. The van der Waals surface area contributed by atoms with Gasteiger partial charge >= 0.3 is 0 Å². The number of likely N-dealkylation sites (tertiary alicyclic amines) is 1. The smallest absolute Gasteiger partial charge is 0.267 e. The van der Waals surface area contributed by atoms with Crippen molar-refractivity contribution in [2.24, 2.45) is 0 Å². The first-order valence-corrected chi connectivity index (χ1v) is 9.80. The van der Waals surface area contributed by atoms with Crippen LogP contribution in [-0.2, 0) is 11.3 Å². The summed E-state index contributed by atoms with van der Waals surface area (Å²) < 4.78 is 0. The molecule has 6 nitrogen and oxygen atoms in total. The zero-order valence-corrected chi connectivity index (χ0v) is 19.2. The van der Waals surface area contributed by atoms with Crippen LogP contribution >= 0.6 is 48.0 Å². The lowest BCUT2D eigenvalue weighted by Crippen LogP contribution is -2.38. The molecule has 0 aliphatic carbocycles. The van der Waals surface area contributed by atoms with Gasteiger partial charge < -0.3 is 5.32 Å². The van der Waals surface area contributed by atoms with Gasteiger partial charge in [-0.2, -0.15) is 0 Å². The average Bonchev–Trinajstić information content (AvgIpc) is 2.71. The molecule has 3 rings (SSSR count). The molecular formula is C20H24Cl4N4O2. The van der Waals surface area contributed by atoms with Crippen LogP contribution in [0.4, 0.5) is 5.82 Å². The zero-order valence-electron chi connectivity index (χ0n) is 16.1. The standard InChI is InChI=1S/C20H22Cl2N4O2.2ClH/c21-17-4-2-1-3-15(17)13-26-9-7-16(8-10-26)24-20-18(22)11-14(12-23-20)5-6-19(27)25-28;;/h1-6,11-12,16,28H,7-10,13H2,(H,23,24)(H,25,27);2*1H. The predicted molar refractivity (Wildman–Crippen MR) is 126 cm³/mol. The van der Waals surface area contributed by atoms with Gasteiger partial charge in [-0.25, -0.2) is 10.5 Å². The van der Waals surface area contributed by atoms with Crippen LogP contribution in [-0.4, -0.2) is 40.1 Å². The summed E-state index contributed by atoms with van der Waals surface area (Å²) in [6.45, 7) is 2.79. The van der Waals surface area contributed by atoms with E-state index in [2.05, 4.69) is 21.3 Å². The van der Waals surface area contributed by atoms with Crippen LogP contribution in [0.3, 0.4) is 0 Å². The van der Waals surface area contributed by atoms with Gasteiger partial charge in [0.05, 0.1) is 5.02 Å². The van der Waals surface area contributed by atoms with Crippen molar-refractivity contribution >= 4 is 65.8 Å². The van der Waals surface area contributed by atoms with Crippen molar-refractivity contribution in [2.45, 2.75) is 25.4 Å². The number of anilines is 1. The minimum atomic E-state index is -0.609. The minimum absolute atomic E-state index is 0. The summed E-state index contributed by atoms with van der Waals surface area (Å²) >= 11 is 12.6. The summed E-state index contributed by atoms with van der Waals surface area (Å²) in [5.41, 5.74) is 3.36. The van der Waals surface area contributed by atoms with Gasteiger partial charge in [0, 0.05) is 43.0 Å². The Hall–Kier alpha value is -1.54. The third kappa shape index (κ3) is 7.61. The third-order valence-corrected chi connectivity index (χ3v) is 5.34. The van der Waals surface area contributed by atoms with Crippen LogP contribution in [0.5, 0.6) is 0 Å². The number of benzene rings is 1. The van der Waals surface area contributed by atoms with Gasteiger partial charge in [0.1, 0.15) is 5.82 Å². The Balaban J connectivity index is 0.00000225. The molecule has 1 saturated heterocycles. The first-order valence-electron chi connectivity index (χ1n) is 9.05. The molecule has 0 saturated carbocycles. The molecule has 10 heteroatoms. The summed E-state index contributed by atoms with van der Waals surface area (Å²) in [5, 5.41) is 13.2.